The van der Waals surface area contributed by atoms with Crippen LogP contribution in [0.15, 0.2) is 18.2 Å². The Balaban J connectivity index is 2.37. The van der Waals surface area contributed by atoms with Gasteiger partial charge in [0.05, 0.1) is 18.7 Å². The van der Waals surface area contributed by atoms with Gasteiger partial charge in [0.25, 0.3) is 0 Å². The summed E-state index contributed by atoms with van der Waals surface area (Å²) in [7, 11) is 1.35. The molecule has 0 saturated heterocycles. The molecule has 74 valence electrons. The smallest absolute Gasteiger partial charge is 0.337 e. The van der Waals surface area contributed by atoms with Gasteiger partial charge in [-0.3, -0.25) is 0 Å². The van der Waals surface area contributed by atoms with Crippen LogP contribution in [-0.4, -0.2) is 19.7 Å². The molecule has 4 heteroatoms. The Morgan fingerprint density at radius 3 is 3.14 bits per heavy atom. The van der Waals surface area contributed by atoms with Crippen LogP contribution in [0.1, 0.15) is 22.0 Å². The predicted molar refractivity (Wildman–Crippen MR) is 50.2 cm³/mol. The lowest BCUT2D eigenvalue weighted by atomic mass is 10.1. The number of esters is 1. The number of carbonyl (C=O) groups excluding carboxylic acids is 1. The second-order valence-corrected chi connectivity index (χ2v) is 3.16. The van der Waals surface area contributed by atoms with E-state index in [2.05, 4.69) is 4.74 Å². The minimum atomic E-state index is -0.364. The topological polar surface area (TPSA) is 61.5 Å². The number of ether oxygens (including phenoxy) is 2. The largest absolute Gasteiger partial charge is 0.491 e. The van der Waals surface area contributed by atoms with Gasteiger partial charge < -0.3 is 15.2 Å². The standard InChI is InChI=1S/C10H11NO3/c1-13-10(12)6-2-3-7-8(11)5-14-9(7)4-6/h2-4,8H,5,11H2,1H3/t8-/m0/s1. The van der Waals surface area contributed by atoms with Gasteiger partial charge in [-0.2, -0.15) is 0 Å². The lowest BCUT2D eigenvalue weighted by Crippen LogP contribution is -2.10. The highest BCUT2D eigenvalue weighted by Gasteiger charge is 2.21. The summed E-state index contributed by atoms with van der Waals surface area (Å²) < 4.78 is 9.91. The molecule has 0 spiro atoms. The van der Waals surface area contributed by atoms with Crippen molar-refractivity contribution in [3.63, 3.8) is 0 Å². The first-order chi connectivity index (χ1) is 6.72. The molecule has 0 aromatic heterocycles. The molecule has 0 unspecified atom stereocenters. The van der Waals surface area contributed by atoms with Crippen LogP contribution in [0, 0.1) is 0 Å². The van der Waals surface area contributed by atoms with E-state index in [1.807, 2.05) is 0 Å². The molecule has 1 aromatic rings. The summed E-state index contributed by atoms with van der Waals surface area (Å²) >= 11 is 0. The number of hydrogen-bond donors (Lipinski definition) is 1. The Morgan fingerprint density at radius 2 is 2.43 bits per heavy atom. The summed E-state index contributed by atoms with van der Waals surface area (Å²) in [5.74, 6) is 0.317. The average Bonchev–Trinajstić information content (AvgIpc) is 2.59. The van der Waals surface area contributed by atoms with Crippen LogP contribution in [0.2, 0.25) is 0 Å². The highest BCUT2D eigenvalue weighted by atomic mass is 16.5. The summed E-state index contributed by atoms with van der Waals surface area (Å²) in [6.07, 6.45) is 0. The molecular formula is C10H11NO3. The number of nitrogens with two attached hydrogens (primary N) is 1. The van der Waals surface area contributed by atoms with Crippen molar-refractivity contribution in [1.82, 2.24) is 0 Å². The maximum Gasteiger partial charge on any atom is 0.337 e. The molecule has 1 aromatic carbocycles. The van der Waals surface area contributed by atoms with Crippen molar-refractivity contribution in [3.05, 3.63) is 29.3 Å². The van der Waals surface area contributed by atoms with E-state index in [0.717, 1.165) is 5.56 Å². The van der Waals surface area contributed by atoms with Crippen molar-refractivity contribution < 1.29 is 14.3 Å². The minimum absolute atomic E-state index is 0.0864. The van der Waals surface area contributed by atoms with Gasteiger partial charge in [0.2, 0.25) is 0 Å². The van der Waals surface area contributed by atoms with Gasteiger partial charge in [-0.05, 0) is 12.1 Å². The van der Waals surface area contributed by atoms with Crippen LogP contribution in [-0.2, 0) is 4.74 Å². The highest BCUT2D eigenvalue weighted by molar-refractivity contribution is 5.90. The predicted octanol–water partition coefficient (Wildman–Crippen LogP) is 0.865. The van der Waals surface area contributed by atoms with Crippen molar-refractivity contribution in [2.75, 3.05) is 13.7 Å². The van der Waals surface area contributed by atoms with E-state index in [1.54, 1.807) is 18.2 Å². The molecule has 1 aliphatic rings. The molecule has 1 aliphatic heterocycles. The van der Waals surface area contributed by atoms with Crippen molar-refractivity contribution in [1.29, 1.82) is 0 Å². The molecule has 0 radical (unpaired) electrons. The van der Waals surface area contributed by atoms with Gasteiger partial charge in [0, 0.05) is 5.56 Å². The molecule has 1 atom stereocenters. The molecule has 0 amide bonds. The number of carbonyl (C=O) groups is 1. The van der Waals surface area contributed by atoms with Crippen LogP contribution in [0.3, 0.4) is 0 Å². The first kappa shape index (κ1) is 9.02. The summed E-state index contributed by atoms with van der Waals surface area (Å²) in [4.78, 5) is 11.2. The zero-order valence-electron chi connectivity index (χ0n) is 7.82. The maximum atomic E-state index is 11.2. The molecule has 0 saturated carbocycles. The number of benzene rings is 1. The van der Waals surface area contributed by atoms with E-state index in [9.17, 15) is 4.79 Å². The fraction of sp³-hybridized carbons (Fsp3) is 0.300. The lowest BCUT2D eigenvalue weighted by molar-refractivity contribution is 0.0600. The molecule has 0 aliphatic carbocycles. The monoisotopic (exact) mass is 193 g/mol. The third-order valence-electron chi connectivity index (χ3n) is 2.25. The van der Waals surface area contributed by atoms with Gasteiger partial charge in [-0.1, -0.05) is 6.07 Å². The van der Waals surface area contributed by atoms with Crippen LogP contribution in [0.5, 0.6) is 5.75 Å². The Labute approximate surface area is 81.6 Å². The van der Waals surface area contributed by atoms with E-state index in [0.29, 0.717) is 17.9 Å². The van der Waals surface area contributed by atoms with Crippen molar-refractivity contribution in [2.45, 2.75) is 6.04 Å². The first-order valence-corrected chi connectivity index (χ1v) is 4.33. The highest BCUT2D eigenvalue weighted by Crippen LogP contribution is 2.31. The molecule has 2 N–H and O–H groups in total. The van der Waals surface area contributed by atoms with Crippen LogP contribution in [0.25, 0.3) is 0 Å². The fourth-order valence-electron chi connectivity index (χ4n) is 1.48. The Bertz CT molecular complexity index is 376. The first-order valence-electron chi connectivity index (χ1n) is 4.33. The quantitative estimate of drug-likeness (QED) is 0.672. The van der Waals surface area contributed by atoms with Crippen molar-refractivity contribution in [3.8, 4) is 5.75 Å². The van der Waals surface area contributed by atoms with Crippen LogP contribution in [0.4, 0.5) is 0 Å². The number of hydrogen-bond acceptors (Lipinski definition) is 4. The van der Waals surface area contributed by atoms with E-state index in [1.165, 1.54) is 7.11 Å². The van der Waals surface area contributed by atoms with E-state index >= 15 is 0 Å². The lowest BCUT2D eigenvalue weighted by Gasteiger charge is -2.02. The average molecular weight is 193 g/mol. The van der Waals surface area contributed by atoms with Gasteiger partial charge in [-0.25, -0.2) is 4.79 Å². The summed E-state index contributed by atoms with van der Waals surface area (Å²) in [6, 6.07) is 5.07. The Morgan fingerprint density at radius 1 is 1.64 bits per heavy atom. The van der Waals surface area contributed by atoms with E-state index in [4.69, 9.17) is 10.5 Å². The summed E-state index contributed by atoms with van der Waals surface area (Å²) in [6.45, 7) is 0.472. The molecule has 4 nitrogen and oxygen atoms in total. The van der Waals surface area contributed by atoms with Crippen LogP contribution < -0.4 is 10.5 Å². The SMILES string of the molecule is COC(=O)c1ccc2c(c1)OC[C@@H]2N. The van der Waals surface area contributed by atoms with Crippen LogP contribution >= 0.6 is 0 Å². The summed E-state index contributed by atoms with van der Waals surface area (Å²) in [5, 5.41) is 0. The van der Waals surface area contributed by atoms with E-state index in [-0.39, 0.29) is 12.0 Å². The second kappa shape index (κ2) is 3.31. The fourth-order valence-corrected chi connectivity index (χ4v) is 1.48. The maximum absolute atomic E-state index is 11.2. The normalized spacial score (nSPS) is 18.6. The number of rotatable bonds is 1. The van der Waals surface area contributed by atoms with Gasteiger partial charge in [0.15, 0.2) is 0 Å². The van der Waals surface area contributed by atoms with E-state index < -0.39 is 0 Å². The molecular weight excluding hydrogens is 182 g/mol. The zero-order chi connectivity index (χ0) is 10.1. The second-order valence-electron chi connectivity index (χ2n) is 3.16. The van der Waals surface area contributed by atoms with Gasteiger partial charge >= 0.3 is 5.97 Å². The molecule has 1 heterocycles. The number of methoxy groups -OCH3 is 1. The minimum Gasteiger partial charge on any atom is -0.491 e. The summed E-state index contributed by atoms with van der Waals surface area (Å²) in [5.41, 5.74) is 7.19. The van der Waals surface area contributed by atoms with Crippen molar-refractivity contribution in [2.24, 2.45) is 5.73 Å². The molecule has 0 bridgehead atoms. The third-order valence-corrected chi connectivity index (χ3v) is 2.25. The number of fused-ring (bicyclic) bond motifs is 1. The Hall–Kier alpha value is -1.55. The Kier molecular flexibility index (Phi) is 2.13. The van der Waals surface area contributed by atoms with Crippen molar-refractivity contribution >= 4 is 5.97 Å². The molecule has 14 heavy (non-hydrogen) atoms. The third kappa shape index (κ3) is 1.33. The molecule has 2 rings (SSSR count). The zero-order valence-corrected chi connectivity index (χ0v) is 7.82. The van der Waals surface area contributed by atoms with Gasteiger partial charge in [-0.15, -0.1) is 0 Å². The molecule has 0 fully saturated rings. The van der Waals surface area contributed by atoms with Gasteiger partial charge in [0.1, 0.15) is 12.4 Å².